The molecule has 2 rings (SSSR count). The van der Waals surface area contributed by atoms with Gasteiger partial charge in [-0.15, -0.1) is 0 Å². The van der Waals surface area contributed by atoms with Crippen LogP contribution < -0.4 is 4.74 Å². The second-order valence-corrected chi connectivity index (χ2v) is 5.65. The number of fused-ring (bicyclic) bond motifs is 1. The number of pyridine rings is 1. The summed E-state index contributed by atoms with van der Waals surface area (Å²) in [5, 5.41) is 1.68. The lowest BCUT2D eigenvalue weighted by Crippen LogP contribution is -2.08. The van der Waals surface area contributed by atoms with Gasteiger partial charge in [0.05, 0.1) is 8.59 Å². The molecule has 0 aliphatic carbocycles. The molecule has 0 spiro atoms. The highest BCUT2D eigenvalue weighted by molar-refractivity contribution is 14.1. The first-order chi connectivity index (χ1) is 8.49. The molecule has 0 aliphatic heterocycles. The van der Waals surface area contributed by atoms with Crippen LogP contribution in [0.4, 0.5) is 0 Å². The van der Waals surface area contributed by atoms with Gasteiger partial charge in [-0.1, -0.05) is 23.2 Å². The van der Waals surface area contributed by atoms with E-state index in [-0.39, 0.29) is 12.4 Å². The van der Waals surface area contributed by atoms with Crippen LogP contribution in [0, 0.1) is 3.57 Å². The first-order valence-corrected chi connectivity index (χ1v) is 6.89. The Balaban J connectivity index is 2.62. The molecule has 1 aromatic carbocycles. The second kappa shape index (κ2) is 5.59. The Hall–Kier alpha value is -0.590. The van der Waals surface area contributed by atoms with Gasteiger partial charge in [0, 0.05) is 5.39 Å². The van der Waals surface area contributed by atoms with Crippen molar-refractivity contribution in [3.63, 3.8) is 0 Å². The van der Waals surface area contributed by atoms with Gasteiger partial charge in [-0.25, -0.2) is 4.98 Å². The van der Waals surface area contributed by atoms with Crippen LogP contribution in [-0.2, 0) is 4.79 Å². The average Bonchev–Trinajstić information content (AvgIpc) is 2.27. The van der Waals surface area contributed by atoms with Crippen molar-refractivity contribution >= 4 is 62.5 Å². The molecule has 6 heteroatoms. The van der Waals surface area contributed by atoms with Crippen molar-refractivity contribution in [3.8, 4) is 5.75 Å². The molecular formula is C12H8Cl2INO2. The summed E-state index contributed by atoms with van der Waals surface area (Å²) < 4.78 is 6.28. The van der Waals surface area contributed by atoms with E-state index in [0.717, 1.165) is 8.96 Å². The van der Waals surface area contributed by atoms with Crippen LogP contribution in [0.3, 0.4) is 0 Å². The highest BCUT2D eigenvalue weighted by atomic mass is 127. The highest BCUT2D eigenvalue weighted by Gasteiger charge is 2.13. The number of hydrogen-bond acceptors (Lipinski definition) is 3. The van der Waals surface area contributed by atoms with Crippen molar-refractivity contribution in [1.82, 2.24) is 4.98 Å². The van der Waals surface area contributed by atoms with E-state index in [1.807, 2.05) is 0 Å². The Labute approximate surface area is 128 Å². The van der Waals surface area contributed by atoms with Gasteiger partial charge >= 0.3 is 0 Å². The number of ether oxygens (including phenoxy) is 1. The number of carbonyl (C=O) groups is 1. The smallest absolute Gasteiger partial charge is 0.167 e. The van der Waals surface area contributed by atoms with Crippen LogP contribution in [0.1, 0.15) is 6.92 Å². The van der Waals surface area contributed by atoms with E-state index >= 15 is 0 Å². The Morgan fingerprint density at radius 2 is 2.17 bits per heavy atom. The molecule has 0 fully saturated rings. The average molecular weight is 396 g/mol. The van der Waals surface area contributed by atoms with Crippen LogP contribution in [0.5, 0.6) is 5.75 Å². The molecule has 0 atom stereocenters. The van der Waals surface area contributed by atoms with Crippen LogP contribution in [0.15, 0.2) is 18.2 Å². The number of benzene rings is 1. The summed E-state index contributed by atoms with van der Waals surface area (Å²) in [7, 11) is 0. The quantitative estimate of drug-likeness (QED) is 0.579. The third-order valence-electron chi connectivity index (χ3n) is 2.22. The normalized spacial score (nSPS) is 10.7. The molecular weight excluding hydrogens is 388 g/mol. The van der Waals surface area contributed by atoms with E-state index in [9.17, 15) is 4.79 Å². The van der Waals surface area contributed by atoms with Crippen molar-refractivity contribution in [2.45, 2.75) is 6.92 Å². The topological polar surface area (TPSA) is 39.2 Å². The summed E-state index contributed by atoms with van der Waals surface area (Å²) in [6, 6.07) is 5.22. The number of hydrogen-bond donors (Lipinski definition) is 0. The SMILES string of the molecule is CC(=O)COc1c(I)cc(Cl)c2ccc(Cl)nc12. The van der Waals surface area contributed by atoms with Crippen molar-refractivity contribution < 1.29 is 9.53 Å². The first kappa shape index (κ1) is 13.8. The summed E-state index contributed by atoms with van der Waals surface area (Å²) >= 11 is 14.1. The number of nitrogens with zero attached hydrogens (tertiary/aromatic N) is 1. The molecule has 0 saturated carbocycles. The molecule has 3 nitrogen and oxygen atoms in total. The molecule has 0 saturated heterocycles. The van der Waals surface area contributed by atoms with Gasteiger partial charge in [-0.3, -0.25) is 4.79 Å². The molecule has 0 amide bonds. The predicted octanol–water partition coefficient (Wildman–Crippen LogP) is 4.11. The van der Waals surface area contributed by atoms with E-state index in [1.165, 1.54) is 6.92 Å². The lowest BCUT2D eigenvalue weighted by Gasteiger charge is -2.11. The van der Waals surface area contributed by atoms with Crippen LogP contribution in [0.25, 0.3) is 10.9 Å². The molecule has 0 radical (unpaired) electrons. The van der Waals surface area contributed by atoms with Crippen molar-refractivity contribution in [3.05, 3.63) is 31.9 Å². The first-order valence-electron chi connectivity index (χ1n) is 5.05. The number of ketones is 1. The summed E-state index contributed by atoms with van der Waals surface area (Å²) in [6.45, 7) is 1.46. The molecule has 0 bridgehead atoms. The maximum absolute atomic E-state index is 11.0. The van der Waals surface area contributed by atoms with E-state index in [0.29, 0.717) is 21.4 Å². The minimum absolute atomic E-state index is 0.000920. The summed E-state index contributed by atoms with van der Waals surface area (Å²) in [6.07, 6.45) is 0. The van der Waals surface area contributed by atoms with Gasteiger partial charge in [-0.2, -0.15) is 0 Å². The molecule has 0 aliphatic rings. The third-order valence-corrected chi connectivity index (χ3v) is 3.55. The lowest BCUT2D eigenvalue weighted by molar-refractivity contribution is -0.118. The number of rotatable bonds is 3. The monoisotopic (exact) mass is 395 g/mol. The zero-order valence-electron chi connectivity index (χ0n) is 9.34. The van der Waals surface area contributed by atoms with Gasteiger partial charge in [0.2, 0.25) is 0 Å². The molecule has 2 aromatic rings. The van der Waals surface area contributed by atoms with Gasteiger partial charge in [0.25, 0.3) is 0 Å². The maximum Gasteiger partial charge on any atom is 0.167 e. The summed E-state index contributed by atoms with van der Waals surface area (Å²) in [5.74, 6) is 0.476. The molecule has 0 N–H and O–H groups in total. The molecule has 1 heterocycles. The van der Waals surface area contributed by atoms with Gasteiger partial charge < -0.3 is 4.74 Å². The number of Topliss-reactive ketones (excluding diaryl/α,β-unsaturated/α-hetero) is 1. The molecule has 94 valence electrons. The Kier molecular flexibility index (Phi) is 4.29. The molecule has 18 heavy (non-hydrogen) atoms. The van der Waals surface area contributed by atoms with Gasteiger partial charge in [0.15, 0.2) is 11.5 Å². The van der Waals surface area contributed by atoms with Gasteiger partial charge in [0.1, 0.15) is 17.3 Å². The Morgan fingerprint density at radius 1 is 1.44 bits per heavy atom. The van der Waals surface area contributed by atoms with Crippen molar-refractivity contribution in [2.24, 2.45) is 0 Å². The summed E-state index contributed by atoms with van der Waals surface area (Å²) in [4.78, 5) is 15.2. The second-order valence-electron chi connectivity index (χ2n) is 3.69. The van der Waals surface area contributed by atoms with Crippen molar-refractivity contribution in [2.75, 3.05) is 6.61 Å². The van der Waals surface area contributed by atoms with Crippen LogP contribution >= 0.6 is 45.8 Å². The fourth-order valence-electron chi connectivity index (χ4n) is 1.48. The summed E-state index contributed by atoms with van der Waals surface area (Å²) in [5.41, 5.74) is 0.570. The standard InChI is InChI=1S/C12H8Cl2INO2/c1-6(17)5-18-12-9(15)4-8(13)7-2-3-10(14)16-11(7)12/h2-4H,5H2,1H3. The molecule has 0 unspecified atom stereocenters. The Morgan fingerprint density at radius 3 is 2.83 bits per heavy atom. The number of aromatic nitrogens is 1. The van der Waals surface area contributed by atoms with Crippen LogP contribution in [-0.4, -0.2) is 17.4 Å². The third kappa shape index (κ3) is 2.87. The Bertz CT molecular complexity index is 631. The largest absolute Gasteiger partial charge is 0.482 e. The van der Waals surface area contributed by atoms with E-state index in [1.54, 1.807) is 18.2 Å². The van der Waals surface area contributed by atoms with Crippen molar-refractivity contribution in [1.29, 1.82) is 0 Å². The minimum atomic E-state index is -0.0593. The minimum Gasteiger partial charge on any atom is -0.482 e. The zero-order chi connectivity index (χ0) is 13.3. The predicted molar refractivity (Wildman–Crippen MR) is 80.7 cm³/mol. The highest BCUT2D eigenvalue weighted by Crippen LogP contribution is 2.35. The fourth-order valence-corrected chi connectivity index (χ4v) is 2.80. The van der Waals surface area contributed by atoms with E-state index < -0.39 is 0 Å². The lowest BCUT2D eigenvalue weighted by atomic mass is 10.2. The zero-order valence-corrected chi connectivity index (χ0v) is 13.0. The molecule has 1 aromatic heterocycles. The van der Waals surface area contributed by atoms with Gasteiger partial charge in [-0.05, 0) is 47.7 Å². The maximum atomic E-state index is 11.0. The van der Waals surface area contributed by atoms with Crippen LogP contribution in [0.2, 0.25) is 10.2 Å². The number of carbonyl (C=O) groups excluding carboxylic acids is 1. The van der Waals surface area contributed by atoms with E-state index in [4.69, 9.17) is 27.9 Å². The fraction of sp³-hybridized carbons (Fsp3) is 0.167. The van der Waals surface area contributed by atoms with E-state index in [2.05, 4.69) is 27.6 Å². The number of halogens is 3.